The molecule has 0 radical (unpaired) electrons. The lowest BCUT2D eigenvalue weighted by atomic mass is 9.96. The van der Waals surface area contributed by atoms with Crippen molar-refractivity contribution in [2.45, 2.75) is 83.9 Å². The van der Waals surface area contributed by atoms with Crippen molar-refractivity contribution in [3.63, 3.8) is 0 Å². The van der Waals surface area contributed by atoms with Gasteiger partial charge in [0.25, 0.3) is 0 Å². The van der Waals surface area contributed by atoms with Crippen molar-refractivity contribution in [1.82, 2.24) is 5.32 Å². The molecule has 0 aromatic heterocycles. The van der Waals surface area contributed by atoms with Gasteiger partial charge in [-0.2, -0.15) is 0 Å². The maximum Gasteiger partial charge on any atom is 0.216 e. The highest BCUT2D eigenvalue weighted by atomic mass is 35.5. The quantitative estimate of drug-likeness (QED) is 0.249. The summed E-state index contributed by atoms with van der Waals surface area (Å²) in [6.07, 6.45) is 8.18. The van der Waals surface area contributed by atoms with Gasteiger partial charge in [-0.05, 0) is 18.8 Å². The molecule has 2 atom stereocenters. The zero-order chi connectivity index (χ0) is 19.1. The number of Topliss-reactive ketones (excluding diaryl/α,β-unsaturated/α-hetero) is 1. The minimum Gasteiger partial charge on any atom is -0.356 e. The summed E-state index contributed by atoms with van der Waals surface area (Å²) in [4.78, 5) is 34.4. The van der Waals surface area contributed by atoms with E-state index >= 15 is 0 Å². The summed E-state index contributed by atoms with van der Waals surface area (Å²) < 4.78 is 0. The van der Waals surface area contributed by atoms with Gasteiger partial charge in [-0.3, -0.25) is 14.4 Å². The fourth-order valence-electron chi connectivity index (χ4n) is 2.60. The first-order chi connectivity index (χ1) is 11.8. The largest absolute Gasteiger partial charge is 0.356 e. The topological polar surface area (TPSA) is 63.2 Å². The predicted octanol–water partition coefficient (Wildman–Crippen LogP) is 4.73. The van der Waals surface area contributed by atoms with Crippen LogP contribution in [0.3, 0.4) is 0 Å². The second-order valence-corrected chi connectivity index (χ2v) is 8.52. The van der Waals surface area contributed by atoms with Crippen LogP contribution in [0.4, 0.5) is 0 Å². The van der Waals surface area contributed by atoms with Gasteiger partial charge in [0, 0.05) is 31.0 Å². The molecule has 0 rings (SSSR count). The molecule has 146 valence electrons. The number of carbonyl (C=O) groups is 3. The van der Waals surface area contributed by atoms with Crippen LogP contribution in [0.2, 0.25) is 0 Å². The van der Waals surface area contributed by atoms with E-state index in [-0.39, 0.29) is 28.6 Å². The Bertz CT molecular complexity index is 404. The van der Waals surface area contributed by atoms with E-state index in [4.69, 9.17) is 11.6 Å². The van der Waals surface area contributed by atoms with Crippen molar-refractivity contribution in [2.24, 2.45) is 5.92 Å². The molecule has 1 amide bonds. The zero-order valence-electron chi connectivity index (χ0n) is 15.9. The molecule has 0 saturated heterocycles. The van der Waals surface area contributed by atoms with Gasteiger partial charge in [-0.15, -0.1) is 11.6 Å². The van der Waals surface area contributed by atoms with Gasteiger partial charge in [0.15, 0.2) is 5.12 Å². The van der Waals surface area contributed by atoms with Crippen LogP contribution in [-0.4, -0.2) is 34.5 Å². The lowest BCUT2D eigenvalue weighted by Gasteiger charge is -2.12. The molecule has 25 heavy (non-hydrogen) atoms. The number of carbonyl (C=O) groups excluding carboxylic acids is 3. The Labute approximate surface area is 162 Å². The molecule has 0 bridgehead atoms. The van der Waals surface area contributed by atoms with Gasteiger partial charge < -0.3 is 5.32 Å². The summed E-state index contributed by atoms with van der Waals surface area (Å²) in [5.41, 5.74) is 0. The summed E-state index contributed by atoms with van der Waals surface area (Å²) in [6.45, 7) is 6.14. The molecule has 0 aromatic rings. The Morgan fingerprint density at radius 1 is 1.08 bits per heavy atom. The first kappa shape index (κ1) is 24.5. The first-order valence-corrected chi connectivity index (χ1v) is 10.8. The van der Waals surface area contributed by atoms with Crippen molar-refractivity contribution < 1.29 is 14.4 Å². The molecule has 1 N–H and O–H groups in total. The van der Waals surface area contributed by atoms with Crippen molar-refractivity contribution in [2.75, 3.05) is 12.3 Å². The number of amides is 1. The Kier molecular flexibility index (Phi) is 15.3. The van der Waals surface area contributed by atoms with Gasteiger partial charge in [-0.25, -0.2) is 0 Å². The standard InChI is InChI=1S/C19H34ClNO3S/c1-4-5-9-17(20)10-7-6-8-15(2)13-18(23)14-19(24)25-12-11-21-16(3)22/h15,17H,4-14H2,1-3H3,(H,21,22)/t15-,17+/m0/s1. The van der Waals surface area contributed by atoms with Crippen LogP contribution in [0.1, 0.15) is 78.6 Å². The van der Waals surface area contributed by atoms with Gasteiger partial charge in [0.2, 0.25) is 5.91 Å². The second kappa shape index (κ2) is 15.7. The predicted molar refractivity (Wildman–Crippen MR) is 107 cm³/mol. The zero-order valence-corrected chi connectivity index (χ0v) is 17.5. The monoisotopic (exact) mass is 391 g/mol. The fraction of sp³-hybridized carbons (Fsp3) is 0.842. The SMILES string of the molecule is CCCC[C@@H](Cl)CCCC[C@H](C)CC(=O)CC(=O)SCCNC(C)=O. The minimum absolute atomic E-state index is 0.00412. The Hall–Kier alpha value is -0.550. The molecule has 0 aliphatic carbocycles. The summed E-state index contributed by atoms with van der Waals surface area (Å²) >= 11 is 7.38. The van der Waals surface area contributed by atoms with Crippen LogP contribution < -0.4 is 5.32 Å². The highest BCUT2D eigenvalue weighted by molar-refractivity contribution is 8.13. The van der Waals surface area contributed by atoms with E-state index in [0.717, 1.165) is 43.9 Å². The maximum atomic E-state index is 11.9. The van der Waals surface area contributed by atoms with E-state index in [2.05, 4.69) is 19.2 Å². The van der Waals surface area contributed by atoms with Crippen LogP contribution in [0.5, 0.6) is 0 Å². The normalized spacial score (nSPS) is 13.3. The number of thioether (sulfide) groups is 1. The van der Waals surface area contributed by atoms with Crippen molar-refractivity contribution >= 4 is 40.2 Å². The number of rotatable bonds is 15. The number of halogens is 1. The number of nitrogens with one attached hydrogen (secondary N) is 1. The summed E-state index contributed by atoms with van der Waals surface area (Å²) in [6, 6.07) is 0. The van der Waals surface area contributed by atoms with Crippen LogP contribution in [0.25, 0.3) is 0 Å². The van der Waals surface area contributed by atoms with Crippen LogP contribution in [-0.2, 0) is 14.4 Å². The summed E-state index contributed by atoms with van der Waals surface area (Å²) in [5, 5.41) is 2.80. The average molecular weight is 392 g/mol. The van der Waals surface area contributed by atoms with Gasteiger partial charge in [0.1, 0.15) is 5.78 Å². The van der Waals surface area contributed by atoms with Crippen LogP contribution >= 0.6 is 23.4 Å². The molecule has 0 aliphatic rings. The van der Waals surface area contributed by atoms with E-state index < -0.39 is 0 Å². The molecular formula is C19H34ClNO3S. The molecule has 0 fully saturated rings. The number of ketones is 1. The highest BCUT2D eigenvalue weighted by Crippen LogP contribution is 2.19. The van der Waals surface area contributed by atoms with Crippen LogP contribution in [0.15, 0.2) is 0 Å². The number of hydrogen-bond donors (Lipinski definition) is 1. The molecule has 0 unspecified atom stereocenters. The first-order valence-electron chi connectivity index (χ1n) is 9.41. The fourth-order valence-corrected chi connectivity index (χ4v) is 3.60. The third-order valence-corrected chi connectivity index (χ3v) is 5.30. The molecule has 0 aromatic carbocycles. The van der Waals surface area contributed by atoms with Crippen molar-refractivity contribution in [3.05, 3.63) is 0 Å². The Morgan fingerprint density at radius 2 is 1.72 bits per heavy atom. The summed E-state index contributed by atoms with van der Waals surface area (Å²) in [5.74, 6) is 0.736. The average Bonchev–Trinajstić information content (AvgIpc) is 2.53. The Morgan fingerprint density at radius 3 is 2.36 bits per heavy atom. The molecule has 4 nitrogen and oxygen atoms in total. The van der Waals surface area contributed by atoms with E-state index in [0.29, 0.717) is 24.6 Å². The van der Waals surface area contributed by atoms with Crippen molar-refractivity contribution in [3.8, 4) is 0 Å². The number of unbranched alkanes of at least 4 members (excludes halogenated alkanes) is 2. The van der Waals surface area contributed by atoms with E-state index in [1.807, 2.05) is 0 Å². The van der Waals surface area contributed by atoms with E-state index in [1.165, 1.54) is 19.8 Å². The lowest BCUT2D eigenvalue weighted by molar-refractivity contribution is -0.124. The number of alkyl halides is 1. The third kappa shape index (κ3) is 16.7. The molecule has 0 heterocycles. The highest BCUT2D eigenvalue weighted by Gasteiger charge is 2.14. The minimum atomic E-state index is -0.108. The molecule has 0 spiro atoms. The second-order valence-electron chi connectivity index (χ2n) is 6.75. The maximum absolute atomic E-state index is 11.9. The Balaban J connectivity index is 3.70. The lowest BCUT2D eigenvalue weighted by Crippen LogP contribution is -2.23. The van der Waals surface area contributed by atoms with E-state index in [1.54, 1.807) is 0 Å². The molecular weight excluding hydrogens is 358 g/mol. The molecule has 6 heteroatoms. The van der Waals surface area contributed by atoms with Gasteiger partial charge in [0.05, 0.1) is 6.42 Å². The van der Waals surface area contributed by atoms with Gasteiger partial charge >= 0.3 is 0 Å². The van der Waals surface area contributed by atoms with Crippen LogP contribution in [0, 0.1) is 5.92 Å². The molecule has 0 saturated carbocycles. The van der Waals surface area contributed by atoms with E-state index in [9.17, 15) is 14.4 Å². The third-order valence-electron chi connectivity index (χ3n) is 3.99. The van der Waals surface area contributed by atoms with Gasteiger partial charge in [-0.1, -0.05) is 57.7 Å². The van der Waals surface area contributed by atoms with Crippen molar-refractivity contribution in [1.29, 1.82) is 0 Å². The summed E-state index contributed by atoms with van der Waals surface area (Å²) in [7, 11) is 0. The molecule has 0 aliphatic heterocycles. The smallest absolute Gasteiger partial charge is 0.216 e. The number of hydrogen-bond acceptors (Lipinski definition) is 4.